The van der Waals surface area contributed by atoms with Crippen LogP contribution < -0.4 is 0 Å². The summed E-state index contributed by atoms with van der Waals surface area (Å²) in [5.41, 5.74) is 0. The van der Waals surface area contributed by atoms with Crippen LogP contribution in [-0.2, 0) is 9.84 Å². The van der Waals surface area contributed by atoms with Crippen LogP contribution >= 0.6 is 0 Å². The van der Waals surface area contributed by atoms with Gasteiger partial charge in [0, 0.05) is 31.8 Å². The van der Waals surface area contributed by atoms with Crippen LogP contribution in [0.4, 0.5) is 0 Å². The van der Waals surface area contributed by atoms with E-state index in [0.29, 0.717) is 25.4 Å². The lowest BCUT2D eigenvalue weighted by molar-refractivity contribution is 0.262. The van der Waals surface area contributed by atoms with E-state index in [4.69, 9.17) is 5.26 Å². The summed E-state index contributed by atoms with van der Waals surface area (Å²) in [7, 11) is -2.90. The Kier molecular flexibility index (Phi) is 7.35. The lowest BCUT2D eigenvalue weighted by atomic mass is 10.2. The summed E-state index contributed by atoms with van der Waals surface area (Å²) in [6, 6.07) is 2.09. The summed E-state index contributed by atoms with van der Waals surface area (Å²) < 4.78 is 22.7. The van der Waals surface area contributed by atoms with Crippen LogP contribution in [0.15, 0.2) is 0 Å². The summed E-state index contributed by atoms with van der Waals surface area (Å²) in [6.07, 6.45) is 0.457. The minimum absolute atomic E-state index is 0.195. The van der Waals surface area contributed by atoms with E-state index in [1.165, 1.54) is 0 Å². The molecule has 0 aromatic heterocycles. The average Bonchev–Trinajstić information content (AvgIpc) is 2.21. The van der Waals surface area contributed by atoms with Gasteiger partial charge in [-0.3, -0.25) is 0 Å². The van der Waals surface area contributed by atoms with E-state index in [2.05, 4.69) is 24.8 Å². The third kappa shape index (κ3) is 7.66. The van der Waals surface area contributed by atoms with E-state index in [9.17, 15) is 8.42 Å². The van der Waals surface area contributed by atoms with Crippen molar-refractivity contribution in [2.45, 2.75) is 27.2 Å². The minimum Gasteiger partial charge on any atom is -0.301 e. The molecule has 94 valence electrons. The van der Waals surface area contributed by atoms with E-state index in [1.807, 2.05) is 0 Å². The third-order valence-electron chi connectivity index (χ3n) is 2.32. The second-order valence-electron chi connectivity index (χ2n) is 4.34. The molecule has 0 aliphatic carbocycles. The minimum atomic E-state index is -2.90. The van der Waals surface area contributed by atoms with E-state index in [1.54, 1.807) is 6.92 Å². The molecule has 0 unspecified atom stereocenters. The molecule has 0 spiro atoms. The molecule has 0 heterocycles. The quantitative estimate of drug-likeness (QED) is 0.647. The fraction of sp³-hybridized carbons (Fsp3) is 0.909. The van der Waals surface area contributed by atoms with Crippen LogP contribution in [0.2, 0.25) is 0 Å². The molecular weight excluding hydrogens is 224 g/mol. The van der Waals surface area contributed by atoms with Crippen LogP contribution in [0.5, 0.6) is 0 Å². The van der Waals surface area contributed by atoms with Crippen LogP contribution in [0.3, 0.4) is 0 Å². The summed E-state index contributed by atoms with van der Waals surface area (Å²) in [4.78, 5) is 2.06. The van der Waals surface area contributed by atoms with Crippen molar-refractivity contribution < 1.29 is 8.42 Å². The highest BCUT2D eigenvalue weighted by molar-refractivity contribution is 7.91. The van der Waals surface area contributed by atoms with Crippen molar-refractivity contribution in [2.75, 3.05) is 31.1 Å². The highest BCUT2D eigenvalue weighted by Crippen LogP contribution is 2.01. The number of nitriles is 1. The maximum atomic E-state index is 11.4. The maximum absolute atomic E-state index is 11.4. The van der Waals surface area contributed by atoms with Gasteiger partial charge in [0.25, 0.3) is 0 Å². The normalized spacial score (nSPS) is 12.0. The molecule has 0 fully saturated rings. The number of sulfone groups is 1. The smallest absolute Gasteiger partial charge is 0.151 e. The molecule has 0 N–H and O–H groups in total. The predicted octanol–water partition coefficient (Wildman–Crippen LogP) is 1.29. The second kappa shape index (κ2) is 7.64. The number of hydrogen-bond donors (Lipinski definition) is 0. The maximum Gasteiger partial charge on any atom is 0.151 e. The highest BCUT2D eigenvalue weighted by Gasteiger charge is 2.12. The Morgan fingerprint density at radius 1 is 1.31 bits per heavy atom. The first-order chi connectivity index (χ1) is 7.41. The number of nitrogens with zero attached hydrogens (tertiary/aromatic N) is 2. The first kappa shape index (κ1) is 15.4. The summed E-state index contributed by atoms with van der Waals surface area (Å²) in [5, 5.41) is 8.53. The van der Waals surface area contributed by atoms with Crippen molar-refractivity contribution in [2.24, 2.45) is 5.92 Å². The van der Waals surface area contributed by atoms with Gasteiger partial charge in [0.1, 0.15) is 0 Å². The molecule has 0 saturated carbocycles. The summed E-state index contributed by atoms with van der Waals surface area (Å²) in [5.74, 6) is 0.880. The summed E-state index contributed by atoms with van der Waals surface area (Å²) in [6.45, 7) is 7.89. The van der Waals surface area contributed by atoms with Crippen LogP contribution in [-0.4, -0.2) is 44.5 Å². The molecule has 0 radical (unpaired) electrons. The first-order valence-corrected chi connectivity index (χ1v) is 7.53. The molecule has 0 rings (SSSR count). The molecule has 0 aliphatic rings. The zero-order valence-electron chi connectivity index (χ0n) is 10.4. The molecule has 4 nitrogen and oxygen atoms in total. The van der Waals surface area contributed by atoms with E-state index >= 15 is 0 Å². The SMILES string of the molecule is CCS(=O)(=O)CCN(CCC#N)CC(C)C. The molecule has 5 heteroatoms. The molecule has 0 amide bonds. The molecule has 0 bridgehead atoms. The molecular formula is C11H22N2O2S. The van der Waals surface area contributed by atoms with Crippen molar-refractivity contribution in [1.82, 2.24) is 4.90 Å². The second-order valence-corrected chi connectivity index (χ2v) is 6.81. The van der Waals surface area contributed by atoms with Crippen molar-refractivity contribution in [1.29, 1.82) is 5.26 Å². The van der Waals surface area contributed by atoms with Gasteiger partial charge in [-0.1, -0.05) is 20.8 Å². The van der Waals surface area contributed by atoms with Gasteiger partial charge in [-0.15, -0.1) is 0 Å². The monoisotopic (exact) mass is 246 g/mol. The largest absolute Gasteiger partial charge is 0.301 e. The molecule has 0 aromatic carbocycles. The van der Waals surface area contributed by atoms with Gasteiger partial charge in [-0.2, -0.15) is 5.26 Å². The Morgan fingerprint density at radius 3 is 2.38 bits per heavy atom. The van der Waals surface area contributed by atoms with Crippen LogP contribution in [0, 0.1) is 17.2 Å². The fourth-order valence-electron chi connectivity index (χ4n) is 1.43. The van der Waals surface area contributed by atoms with Gasteiger partial charge in [-0.05, 0) is 5.92 Å². The zero-order valence-corrected chi connectivity index (χ0v) is 11.3. The van der Waals surface area contributed by atoms with E-state index in [0.717, 1.165) is 6.54 Å². The lowest BCUT2D eigenvalue weighted by Gasteiger charge is -2.22. The molecule has 0 aromatic rings. The average molecular weight is 246 g/mol. The van der Waals surface area contributed by atoms with Gasteiger partial charge in [0.15, 0.2) is 9.84 Å². The Morgan fingerprint density at radius 2 is 1.94 bits per heavy atom. The molecule has 0 aliphatic heterocycles. The van der Waals surface area contributed by atoms with Gasteiger partial charge < -0.3 is 4.90 Å². The molecule has 0 atom stereocenters. The highest BCUT2D eigenvalue weighted by atomic mass is 32.2. The third-order valence-corrected chi connectivity index (χ3v) is 4.01. The fourth-order valence-corrected chi connectivity index (χ4v) is 2.26. The van der Waals surface area contributed by atoms with Crippen molar-refractivity contribution in [3.63, 3.8) is 0 Å². The van der Waals surface area contributed by atoms with Crippen LogP contribution in [0.1, 0.15) is 27.2 Å². The Balaban J connectivity index is 4.16. The molecule has 0 saturated heterocycles. The van der Waals surface area contributed by atoms with Crippen LogP contribution in [0.25, 0.3) is 0 Å². The number of hydrogen-bond acceptors (Lipinski definition) is 4. The zero-order chi connectivity index (χ0) is 12.6. The van der Waals surface area contributed by atoms with Crippen molar-refractivity contribution in [3.05, 3.63) is 0 Å². The standard InChI is InChI=1S/C11H22N2O2S/c1-4-16(14,15)9-8-13(7-5-6-12)10-11(2)3/h11H,4-5,7-10H2,1-3H3. The predicted molar refractivity (Wildman–Crippen MR) is 65.8 cm³/mol. The van der Waals surface area contributed by atoms with Crippen molar-refractivity contribution >= 4 is 9.84 Å². The van der Waals surface area contributed by atoms with Gasteiger partial charge in [0.05, 0.1) is 11.8 Å². The van der Waals surface area contributed by atoms with Crippen molar-refractivity contribution in [3.8, 4) is 6.07 Å². The van der Waals surface area contributed by atoms with Gasteiger partial charge in [0.2, 0.25) is 0 Å². The topological polar surface area (TPSA) is 61.2 Å². The van der Waals surface area contributed by atoms with E-state index < -0.39 is 9.84 Å². The first-order valence-electron chi connectivity index (χ1n) is 5.71. The van der Waals surface area contributed by atoms with E-state index in [-0.39, 0.29) is 11.5 Å². The Bertz CT molecular complexity index is 317. The van der Waals surface area contributed by atoms with Gasteiger partial charge in [-0.25, -0.2) is 8.42 Å². The lowest BCUT2D eigenvalue weighted by Crippen LogP contribution is -2.33. The molecule has 16 heavy (non-hydrogen) atoms. The summed E-state index contributed by atoms with van der Waals surface area (Å²) >= 11 is 0. The van der Waals surface area contributed by atoms with Gasteiger partial charge >= 0.3 is 0 Å². The Hall–Kier alpha value is -0.600. The Labute approximate surface area is 99.2 Å². The number of rotatable bonds is 8.